The van der Waals surface area contributed by atoms with Crippen LogP contribution in [0.2, 0.25) is 0 Å². The molecular formula is C15H24N2O. The van der Waals surface area contributed by atoms with Crippen LogP contribution in [0.15, 0.2) is 24.3 Å². The lowest BCUT2D eigenvalue weighted by atomic mass is 10.0. The fourth-order valence-corrected chi connectivity index (χ4v) is 2.60. The van der Waals surface area contributed by atoms with Gasteiger partial charge in [0.05, 0.1) is 7.11 Å². The summed E-state index contributed by atoms with van der Waals surface area (Å²) in [6.07, 6.45) is 4.00. The van der Waals surface area contributed by atoms with Gasteiger partial charge in [0.15, 0.2) is 0 Å². The Kier molecular flexibility index (Phi) is 5.02. The molecule has 1 saturated heterocycles. The van der Waals surface area contributed by atoms with Gasteiger partial charge in [-0.25, -0.2) is 0 Å². The number of nitrogens with one attached hydrogen (secondary N) is 1. The Morgan fingerprint density at radius 1 is 1.39 bits per heavy atom. The molecule has 0 radical (unpaired) electrons. The minimum absolute atomic E-state index is 0.661. The van der Waals surface area contributed by atoms with Crippen LogP contribution >= 0.6 is 0 Å². The minimum atomic E-state index is 0.661. The fourth-order valence-electron chi connectivity index (χ4n) is 2.60. The van der Waals surface area contributed by atoms with Crippen molar-refractivity contribution >= 4 is 0 Å². The highest BCUT2D eigenvalue weighted by molar-refractivity contribution is 5.28. The summed E-state index contributed by atoms with van der Waals surface area (Å²) in [5, 5.41) is 3.59. The molecule has 1 aliphatic rings. The molecule has 3 heteroatoms. The highest BCUT2D eigenvalue weighted by Crippen LogP contribution is 2.15. The van der Waals surface area contributed by atoms with Gasteiger partial charge in [0, 0.05) is 19.1 Å². The molecule has 1 unspecified atom stereocenters. The molecule has 18 heavy (non-hydrogen) atoms. The number of ether oxygens (including phenoxy) is 1. The topological polar surface area (TPSA) is 24.5 Å². The van der Waals surface area contributed by atoms with E-state index in [2.05, 4.69) is 35.5 Å². The molecule has 100 valence electrons. The van der Waals surface area contributed by atoms with Crippen LogP contribution < -0.4 is 10.1 Å². The highest BCUT2D eigenvalue weighted by atomic mass is 16.5. The standard InChI is InChI=1S/C15H24N2O/c1-17(12-14-7-3-4-9-16-14)11-13-6-5-8-15(10-13)18-2/h5-6,8,10,14,16H,3-4,7,9,11-12H2,1-2H3. The maximum Gasteiger partial charge on any atom is 0.119 e. The first-order valence-electron chi connectivity index (χ1n) is 6.83. The van der Waals surface area contributed by atoms with Crippen molar-refractivity contribution in [2.75, 3.05) is 27.2 Å². The van der Waals surface area contributed by atoms with Crippen LogP contribution in [0.5, 0.6) is 5.75 Å². The van der Waals surface area contributed by atoms with Crippen molar-refractivity contribution in [3.63, 3.8) is 0 Å². The molecule has 0 saturated carbocycles. The van der Waals surface area contributed by atoms with E-state index in [0.29, 0.717) is 6.04 Å². The Morgan fingerprint density at radius 3 is 3.00 bits per heavy atom. The third kappa shape index (κ3) is 4.00. The minimum Gasteiger partial charge on any atom is -0.497 e. The number of benzene rings is 1. The van der Waals surface area contributed by atoms with Gasteiger partial charge in [0.1, 0.15) is 5.75 Å². The van der Waals surface area contributed by atoms with E-state index in [-0.39, 0.29) is 0 Å². The van der Waals surface area contributed by atoms with Gasteiger partial charge in [-0.15, -0.1) is 0 Å². The number of hydrogen-bond donors (Lipinski definition) is 1. The van der Waals surface area contributed by atoms with Crippen LogP contribution in [0.25, 0.3) is 0 Å². The van der Waals surface area contributed by atoms with Crippen molar-refractivity contribution in [2.24, 2.45) is 0 Å². The van der Waals surface area contributed by atoms with Crippen LogP contribution in [0.1, 0.15) is 24.8 Å². The average molecular weight is 248 g/mol. The van der Waals surface area contributed by atoms with Crippen molar-refractivity contribution in [1.82, 2.24) is 10.2 Å². The Labute approximate surface area is 110 Å². The zero-order valence-electron chi connectivity index (χ0n) is 11.5. The van der Waals surface area contributed by atoms with Crippen molar-refractivity contribution in [3.8, 4) is 5.75 Å². The lowest BCUT2D eigenvalue weighted by Gasteiger charge is -2.28. The second kappa shape index (κ2) is 6.76. The number of methoxy groups -OCH3 is 1. The molecule has 1 aromatic carbocycles. The van der Waals surface area contributed by atoms with Crippen molar-refractivity contribution in [2.45, 2.75) is 31.8 Å². The molecule has 0 aliphatic carbocycles. The van der Waals surface area contributed by atoms with E-state index >= 15 is 0 Å². The van der Waals surface area contributed by atoms with E-state index in [1.807, 2.05) is 6.07 Å². The van der Waals surface area contributed by atoms with E-state index < -0.39 is 0 Å². The molecular weight excluding hydrogens is 224 g/mol. The summed E-state index contributed by atoms with van der Waals surface area (Å²) >= 11 is 0. The number of piperidine rings is 1. The van der Waals surface area contributed by atoms with Gasteiger partial charge in [-0.3, -0.25) is 0 Å². The van der Waals surface area contributed by atoms with Crippen LogP contribution in [0.3, 0.4) is 0 Å². The molecule has 3 nitrogen and oxygen atoms in total. The van der Waals surface area contributed by atoms with Crippen LogP contribution in [-0.4, -0.2) is 38.2 Å². The molecule has 0 spiro atoms. The van der Waals surface area contributed by atoms with Crippen LogP contribution in [0, 0.1) is 0 Å². The van der Waals surface area contributed by atoms with Crippen molar-refractivity contribution in [3.05, 3.63) is 29.8 Å². The summed E-state index contributed by atoms with van der Waals surface area (Å²) in [5.74, 6) is 0.941. The summed E-state index contributed by atoms with van der Waals surface area (Å²) < 4.78 is 5.26. The second-order valence-corrected chi connectivity index (χ2v) is 5.20. The maximum atomic E-state index is 5.26. The zero-order valence-corrected chi connectivity index (χ0v) is 11.5. The van der Waals surface area contributed by atoms with E-state index in [1.165, 1.54) is 31.4 Å². The van der Waals surface area contributed by atoms with E-state index in [4.69, 9.17) is 4.74 Å². The number of nitrogens with zero attached hydrogens (tertiary/aromatic N) is 1. The second-order valence-electron chi connectivity index (χ2n) is 5.20. The van der Waals surface area contributed by atoms with Gasteiger partial charge in [-0.05, 0) is 44.1 Å². The first-order valence-corrected chi connectivity index (χ1v) is 6.83. The third-order valence-electron chi connectivity index (χ3n) is 3.53. The Balaban J connectivity index is 1.83. The highest BCUT2D eigenvalue weighted by Gasteiger charge is 2.14. The van der Waals surface area contributed by atoms with Crippen molar-refractivity contribution in [1.29, 1.82) is 0 Å². The molecule has 1 atom stereocenters. The lowest BCUT2D eigenvalue weighted by molar-refractivity contribution is 0.256. The van der Waals surface area contributed by atoms with Gasteiger partial charge >= 0.3 is 0 Å². The quantitative estimate of drug-likeness (QED) is 0.865. The number of rotatable bonds is 5. The maximum absolute atomic E-state index is 5.26. The molecule has 1 aromatic rings. The summed E-state index contributed by atoms with van der Waals surface area (Å²) in [5.41, 5.74) is 1.31. The van der Waals surface area contributed by atoms with Gasteiger partial charge in [0.2, 0.25) is 0 Å². The van der Waals surface area contributed by atoms with Gasteiger partial charge < -0.3 is 15.0 Å². The summed E-state index contributed by atoms with van der Waals surface area (Å²) in [4.78, 5) is 2.39. The third-order valence-corrected chi connectivity index (χ3v) is 3.53. The number of likely N-dealkylation sites (N-methyl/N-ethyl adjacent to an activating group) is 1. The van der Waals surface area contributed by atoms with E-state index in [1.54, 1.807) is 7.11 Å². The van der Waals surface area contributed by atoms with E-state index in [0.717, 1.165) is 18.8 Å². The van der Waals surface area contributed by atoms with Gasteiger partial charge in [0.25, 0.3) is 0 Å². The molecule has 1 fully saturated rings. The van der Waals surface area contributed by atoms with Gasteiger partial charge in [-0.1, -0.05) is 18.6 Å². The summed E-state index contributed by atoms with van der Waals surface area (Å²) in [6, 6.07) is 8.99. The molecule has 1 aliphatic heterocycles. The monoisotopic (exact) mass is 248 g/mol. The zero-order chi connectivity index (χ0) is 12.8. The summed E-state index contributed by atoms with van der Waals surface area (Å²) in [6.45, 7) is 3.28. The lowest BCUT2D eigenvalue weighted by Crippen LogP contribution is -2.42. The Hall–Kier alpha value is -1.06. The summed E-state index contributed by atoms with van der Waals surface area (Å²) in [7, 11) is 3.91. The van der Waals surface area contributed by atoms with Gasteiger partial charge in [-0.2, -0.15) is 0 Å². The Bertz CT molecular complexity index is 361. The number of hydrogen-bond acceptors (Lipinski definition) is 3. The first-order chi connectivity index (χ1) is 8.78. The molecule has 0 amide bonds. The predicted octanol–water partition coefficient (Wildman–Crippen LogP) is 2.27. The molecule has 0 bridgehead atoms. The van der Waals surface area contributed by atoms with Crippen LogP contribution in [-0.2, 0) is 6.54 Å². The fraction of sp³-hybridized carbons (Fsp3) is 0.600. The smallest absolute Gasteiger partial charge is 0.119 e. The van der Waals surface area contributed by atoms with E-state index in [9.17, 15) is 0 Å². The first kappa shape index (κ1) is 13.4. The van der Waals surface area contributed by atoms with Crippen LogP contribution in [0.4, 0.5) is 0 Å². The SMILES string of the molecule is COc1cccc(CN(C)CC2CCCCN2)c1. The average Bonchev–Trinajstić information content (AvgIpc) is 2.40. The molecule has 2 rings (SSSR count). The molecule has 0 aromatic heterocycles. The molecule has 1 N–H and O–H groups in total. The normalized spacial score (nSPS) is 20.1. The van der Waals surface area contributed by atoms with Crippen molar-refractivity contribution < 1.29 is 4.74 Å². The Morgan fingerprint density at radius 2 is 2.28 bits per heavy atom. The largest absolute Gasteiger partial charge is 0.497 e. The predicted molar refractivity (Wildman–Crippen MR) is 75.0 cm³/mol. The molecule has 1 heterocycles.